The zero-order valence-corrected chi connectivity index (χ0v) is 19.2. The average Bonchev–Trinajstić information content (AvgIpc) is 2.78. The molecule has 0 saturated heterocycles. The molecule has 0 fully saturated rings. The summed E-state index contributed by atoms with van der Waals surface area (Å²) in [5.74, 6) is 0. The summed E-state index contributed by atoms with van der Waals surface area (Å²) < 4.78 is 27.6. The van der Waals surface area contributed by atoms with Gasteiger partial charge in [-0.2, -0.15) is 0 Å². The highest BCUT2D eigenvalue weighted by molar-refractivity contribution is 5.13. The Morgan fingerprint density at radius 3 is 1.43 bits per heavy atom. The topological polar surface area (TPSA) is 46.2 Å². The van der Waals surface area contributed by atoms with Crippen LogP contribution in [-0.4, -0.2) is 59.5 Å². The number of hydrogen-bond acceptors (Lipinski definition) is 5. The number of unbranched alkanes of at least 4 members (excludes halogenated alkanes) is 7. The van der Waals surface area contributed by atoms with Gasteiger partial charge in [-0.3, -0.25) is 0 Å². The third-order valence-corrected chi connectivity index (χ3v) is 4.74. The van der Waals surface area contributed by atoms with Crippen molar-refractivity contribution in [2.75, 3.05) is 59.5 Å². The van der Waals surface area contributed by atoms with Crippen LogP contribution >= 0.6 is 0 Å². The van der Waals surface area contributed by atoms with Gasteiger partial charge in [-0.1, -0.05) is 82.2 Å². The maximum Gasteiger partial charge on any atom is 0.0718 e. The van der Waals surface area contributed by atoms with Crippen molar-refractivity contribution in [1.82, 2.24) is 0 Å². The van der Waals surface area contributed by atoms with E-state index in [0.717, 1.165) is 13.0 Å². The lowest BCUT2D eigenvalue weighted by atomic mass is 10.1. The van der Waals surface area contributed by atoms with Gasteiger partial charge >= 0.3 is 0 Å². The third kappa shape index (κ3) is 19.0. The lowest BCUT2D eigenvalue weighted by Gasteiger charge is -2.08. The van der Waals surface area contributed by atoms with Gasteiger partial charge in [0.1, 0.15) is 0 Å². The molecular formula is C25H44O5. The SMILES string of the molecule is CCCCCCCCCCOCCOCCOCCOCCOCc1ccccc1. The van der Waals surface area contributed by atoms with E-state index in [0.29, 0.717) is 59.5 Å². The third-order valence-electron chi connectivity index (χ3n) is 4.74. The molecule has 0 amide bonds. The fraction of sp³-hybridized carbons (Fsp3) is 0.760. The molecule has 0 saturated carbocycles. The van der Waals surface area contributed by atoms with Crippen LogP contribution in [0.4, 0.5) is 0 Å². The molecule has 174 valence electrons. The Balaban J connectivity index is 1.65. The van der Waals surface area contributed by atoms with Crippen LogP contribution in [0.2, 0.25) is 0 Å². The zero-order valence-electron chi connectivity index (χ0n) is 19.2. The quantitative estimate of drug-likeness (QED) is 0.220. The van der Waals surface area contributed by atoms with E-state index in [4.69, 9.17) is 23.7 Å². The first-order chi connectivity index (χ1) is 14.9. The fourth-order valence-corrected chi connectivity index (χ4v) is 2.98. The zero-order chi connectivity index (χ0) is 21.4. The number of benzene rings is 1. The van der Waals surface area contributed by atoms with Gasteiger partial charge in [0, 0.05) is 6.61 Å². The minimum absolute atomic E-state index is 0.580. The van der Waals surface area contributed by atoms with Gasteiger partial charge < -0.3 is 23.7 Å². The normalized spacial score (nSPS) is 11.2. The molecule has 1 aromatic carbocycles. The summed E-state index contributed by atoms with van der Waals surface area (Å²) >= 11 is 0. The highest BCUT2D eigenvalue weighted by Gasteiger charge is 1.95. The molecule has 0 bridgehead atoms. The van der Waals surface area contributed by atoms with Crippen molar-refractivity contribution in [2.24, 2.45) is 0 Å². The van der Waals surface area contributed by atoms with E-state index < -0.39 is 0 Å². The van der Waals surface area contributed by atoms with E-state index in [1.165, 1.54) is 50.5 Å². The second-order valence-electron chi connectivity index (χ2n) is 7.46. The summed E-state index contributed by atoms with van der Waals surface area (Å²) in [5.41, 5.74) is 1.18. The van der Waals surface area contributed by atoms with Gasteiger partial charge in [0.25, 0.3) is 0 Å². The maximum atomic E-state index is 5.60. The van der Waals surface area contributed by atoms with Crippen LogP contribution < -0.4 is 0 Å². The van der Waals surface area contributed by atoms with Crippen molar-refractivity contribution < 1.29 is 23.7 Å². The van der Waals surface area contributed by atoms with Crippen LogP contribution in [0.5, 0.6) is 0 Å². The van der Waals surface area contributed by atoms with Gasteiger partial charge in [0.15, 0.2) is 0 Å². The van der Waals surface area contributed by atoms with Crippen molar-refractivity contribution in [3.05, 3.63) is 35.9 Å². The maximum absolute atomic E-state index is 5.60. The molecule has 0 aliphatic carbocycles. The molecule has 0 heterocycles. The van der Waals surface area contributed by atoms with E-state index in [-0.39, 0.29) is 0 Å². The molecule has 1 rings (SSSR count). The van der Waals surface area contributed by atoms with Crippen molar-refractivity contribution in [3.63, 3.8) is 0 Å². The summed E-state index contributed by atoms with van der Waals surface area (Å²) in [4.78, 5) is 0. The van der Waals surface area contributed by atoms with E-state index in [2.05, 4.69) is 19.1 Å². The summed E-state index contributed by atoms with van der Waals surface area (Å²) in [7, 11) is 0. The van der Waals surface area contributed by atoms with E-state index in [1.807, 2.05) is 18.2 Å². The van der Waals surface area contributed by atoms with Crippen molar-refractivity contribution in [2.45, 2.75) is 64.9 Å². The standard InChI is InChI=1S/C25H44O5/c1-2-3-4-5-6-7-8-12-15-26-16-17-27-18-19-28-20-21-29-22-23-30-24-25-13-10-9-11-14-25/h9-11,13-14H,2-8,12,15-24H2,1H3. The van der Waals surface area contributed by atoms with Crippen molar-refractivity contribution in [3.8, 4) is 0 Å². The highest BCUT2D eigenvalue weighted by Crippen LogP contribution is 2.08. The summed E-state index contributed by atoms with van der Waals surface area (Å²) in [6, 6.07) is 10.1. The molecule has 0 radical (unpaired) electrons. The predicted molar refractivity (Wildman–Crippen MR) is 122 cm³/mol. The van der Waals surface area contributed by atoms with E-state index >= 15 is 0 Å². The Hall–Kier alpha value is -0.980. The molecule has 0 aliphatic rings. The lowest BCUT2D eigenvalue weighted by molar-refractivity contribution is -0.0126. The average molecular weight is 425 g/mol. The Morgan fingerprint density at radius 1 is 0.467 bits per heavy atom. The molecule has 0 N–H and O–H groups in total. The van der Waals surface area contributed by atoms with Crippen LogP contribution in [0.15, 0.2) is 30.3 Å². The number of ether oxygens (including phenoxy) is 5. The summed E-state index contributed by atoms with van der Waals surface area (Å²) in [5, 5.41) is 0. The Morgan fingerprint density at radius 2 is 0.900 bits per heavy atom. The van der Waals surface area contributed by atoms with Gasteiger partial charge in [-0.15, -0.1) is 0 Å². The smallest absolute Gasteiger partial charge is 0.0718 e. The van der Waals surface area contributed by atoms with E-state index in [1.54, 1.807) is 0 Å². The van der Waals surface area contributed by atoms with Crippen molar-refractivity contribution in [1.29, 1.82) is 0 Å². The molecule has 5 nitrogen and oxygen atoms in total. The van der Waals surface area contributed by atoms with Gasteiger partial charge in [0.2, 0.25) is 0 Å². The first-order valence-corrected chi connectivity index (χ1v) is 11.9. The van der Waals surface area contributed by atoms with Crippen LogP contribution in [0.25, 0.3) is 0 Å². The Kier molecular flexibility index (Phi) is 20.5. The largest absolute Gasteiger partial charge is 0.379 e. The number of rotatable bonds is 23. The molecule has 0 aromatic heterocycles. The van der Waals surface area contributed by atoms with Crippen LogP contribution in [0.3, 0.4) is 0 Å². The lowest BCUT2D eigenvalue weighted by Crippen LogP contribution is -2.13. The molecule has 0 atom stereocenters. The summed E-state index contributed by atoms with van der Waals surface area (Å²) in [6.45, 7) is 8.57. The van der Waals surface area contributed by atoms with Crippen LogP contribution in [0, 0.1) is 0 Å². The van der Waals surface area contributed by atoms with Crippen LogP contribution in [-0.2, 0) is 30.3 Å². The second-order valence-corrected chi connectivity index (χ2v) is 7.46. The summed E-state index contributed by atoms with van der Waals surface area (Å²) in [6.07, 6.45) is 10.6. The molecule has 0 aliphatic heterocycles. The molecular weight excluding hydrogens is 380 g/mol. The monoisotopic (exact) mass is 424 g/mol. The van der Waals surface area contributed by atoms with Gasteiger partial charge in [-0.05, 0) is 12.0 Å². The highest BCUT2D eigenvalue weighted by atomic mass is 16.6. The molecule has 30 heavy (non-hydrogen) atoms. The fourth-order valence-electron chi connectivity index (χ4n) is 2.98. The van der Waals surface area contributed by atoms with Crippen molar-refractivity contribution >= 4 is 0 Å². The van der Waals surface area contributed by atoms with Gasteiger partial charge in [-0.25, -0.2) is 0 Å². The minimum atomic E-state index is 0.580. The Bertz CT molecular complexity index is 440. The minimum Gasteiger partial charge on any atom is -0.379 e. The van der Waals surface area contributed by atoms with E-state index in [9.17, 15) is 0 Å². The predicted octanol–water partition coefficient (Wildman–Crippen LogP) is 5.41. The molecule has 5 heteroatoms. The second kappa shape index (κ2) is 22.7. The molecule has 1 aromatic rings. The first kappa shape index (κ1) is 27.1. The first-order valence-electron chi connectivity index (χ1n) is 11.9. The molecule has 0 spiro atoms. The van der Waals surface area contributed by atoms with Crippen LogP contribution in [0.1, 0.15) is 63.9 Å². The number of hydrogen-bond donors (Lipinski definition) is 0. The van der Waals surface area contributed by atoms with Gasteiger partial charge in [0.05, 0.1) is 59.5 Å². The Labute approximate surface area is 184 Å². The molecule has 0 unspecified atom stereocenters.